The van der Waals surface area contributed by atoms with Crippen LogP contribution in [0.4, 0.5) is 0 Å². The second kappa shape index (κ2) is 5.01. The lowest BCUT2D eigenvalue weighted by Gasteiger charge is -1.99. The first-order valence-electron chi connectivity index (χ1n) is 6.02. The molecule has 3 rings (SSSR count). The Bertz CT molecular complexity index is 776. The van der Waals surface area contributed by atoms with Crippen molar-refractivity contribution in [3.8, 4) is 0 Å². The van der Waals surface area contributed by atoms with Gasteiger partial charge in [0.25, 0.3) is 0 Å². The topological polar surface area (TPSA) is 78.7 Å². The normalized spacial score (nSPS) is 11.1. The molecule has 20 heavy (non-hydrogen) atoms. The van der Waals surface area contributed by atoms with Gasteiger partial charge in [0, 0.05) is 29.7 Å². The van der Waals surface area contributed by atoms with Crippen molar-refractivity contribution in [1.82, 2.24) is 19.4 Å². The molecule has 0 aliphatic rings. The minimum absolute atomic E-state index is 0.0507. The first kappa shape index (κ1) is 12.7. The van der Waals surface area contributed by atoms with Crippen molar-refractivity contribution in [3.63, 3.8) is 0 Å². The van der Waals surface area contributed by atoms with E-state index in [0.29, 0.717) is 5.16 Å². The Balaban J connectivity index is 1.84. The molecule has 2 heterocycles. The Hall–Kier alpha value is -2.28. The number of para-hydroxylation sites is 1. The van der Waals surface area contributed by atoms with Crippen LogP contribution >= 0.6 is 11.8 Å². The Morgan fingerprint density at radius 1 is 1.40 bits per heavy atom. The van der Waals surface area contributed by atoms with Crippen LogP contribution in [0.25, 0.3) is 10.9 Å². The highest BCUT2D eigenvalue weighted by Gasteiger charge is 2.15. The fourth-order valence-electron chi connectivity index (χ4n) is 2.11. The number of nitrogen functional groups attached to an aromatic ring is 1. The summed E-state index contributed by atoms with van der Waals surface area (Å²) in [7, 11) is 1.93. The number of aromatic nitrogens is 4. The van der Waals surface area contributed by atoms with Gasteiger partial charge in [-0.1, -0.05) is 30.0 Å². The lowest BCUT2D eigenvalue weighted by molar-refractivity contribution is 0.102. The zero-order valence-corrected chi connectivity index (χ0v) is 11.7. The van der Waals surface area contributed by atoms with E-state index in [0.717, 1.165) is 16.5 Å². The summed E-state index contributed by atoms with van der Waals surface area (Å²) in [6.45, 7) is 0. The summed E-state index contributed by atoms with van der Waals surface area (Å²) in [5.41, 5.74) is 1.77. The molecule has 0 amide bonds. The summed E-state index contributed by atoms with van der Waals surface area (Å²) in [6.07, 6.45) is 3.27. The van der Waals surface area contributed by atoms with E-state index in [1.54, 1.807) is 0 Å². The Morgan fingerprint density at radius 2 is 2.20 bits per heavy atom. The first-order valence-corrected chi connectivity index (χ1v) is 7.00. The van der Waals surface area contributed by atoms with Gasteiger partial charge in [-0.2, -0.15) is 0 Å². The molecule has 0 fully saturated rings. The third-order valence-electron chi connectivity index (χ3n) is 3.07. The highest BCUT2D eigenvalue weighted by Crippen LogP contribution is 2.23. The summed E-state index contributed by atoms with van der Waals surface area (Å²) < 4.78 is 3.26. The Kier molecular flexibility index (Phi) is 3.19. The van der Waals surface area contributed by atoms with Crippen molar-refractivity contribution in [2.75, 3.05) is 11.6 Å². The molecule has 102 valence electrons. The number of carbonyl (C=O) groups excluding carboxylic acids is 1. The molecular formula is C13H13N5OS. The van der Waals surface area contributed by atoms with Crippen LogP contribution < -0.4 is 5.84 Å². The number of ketones is 1. The molecule has 0 bridgehead atoms. The van der Waals surface area contributed by atoms with Crippen LogP contribution in [0.5, 0.6) is 0 Å². The van der Waals surface area contributed by atoms with Gasteiger partial charge in [-0.3, -0.25) is 4.79 Å². The molecule has 0 spiro atoms. The summed E-state index contributed by atoms with van der Waals surface area (Å²) in [5, 5.41) is 9.01. The average Bonchev–Trinajstić information content (AvgIpc) is 3.01. The zero-order valence-electron chi connectivity index (χ0n) is 10.9. The smallest absolute Gasteiger partial charge is 0.209 e. The van der Waals surface area contributed by atoms with Crippen molar-refractivity contribution in [2.24, 2.45) is 7.05 Å². The molecule has 0 aliphatic carbocycles. The van der Waals surface area contributed by atoms with Gasteiger partial charge in [-0.05, 0) is 6.07 Å². The number of rotatable bonds is 4. The van der Waals surface area contributed by atoms with Gasteiger partial charge in [0.15, 0.2) is 5.78 Å². The minimum atomic E-state index is 0.0507. The number of hydrogen-bond acceptors (Lipinski definition) is 5. The van der Waals surface area contributed by atoms with Crippen molar-refractivity contribution in [3.05, 3.63) is 42.4 Å². The predicted octanol–water partition coefficient (Wildman–Crippen LogP) is 1.46. The van der Waals surface area contributed by atoms with E-state index < -0.39 is 0 Å². The summed E-state index contributed by atoms with van der Waals surface area (Å²) in [5.74, 6) is 5.95. The van der Waals surface area contributed by atoms with E-state index in [9.17, 15) is 4.79 Å². The largest absolute Gasteiger partial charge is 0.350 e. The second-order valence-electron chi connectivity index (χ2n) is 4.40. The molecule has 0 saturated carbocycles. The molecule has 0 radical (unpaired) electrons. The van der Waals surface area contributed by atoms with Crippen molar-refractivity contribution >= 4 is 28.4 Å². The molecular weight excluding hydrogens is 274 g/mol. The second-order valence-corrected chi connectivity index (χ2v) is 5.35. The minimum Gasteiger partial charge on any atom is -0.350 e. The maximum Gasteiger partial charge on any atom is 0.209 e. The number of benzene rings is 1. The Labute approximate surface area is 119 Å². The van der Waals surface area contributed by atoms with Crippen molar-refractivity contribution < 1.29 is 4.79 Å². The fraction of sp³-hybridized carbons (Fsp3) is 0.154. The molecule has 3 aromatic rings. The molecule has 0 unspecified atom stereocenters. The number of thioether (sulfide) groups is 1. The molecule has 7 heteroatoms. The Morgan fingerprint density at radius 3 is 2.95 bits per heavy atom. The van der Waals surface area contributed by atoms with Crippen molar-refractivity contribution in [2.45, 2.75) is 5.16 Å². The molecule has 0 atom stereocenters. The number of carbonyl (C=O) groups is 1. The summed E-state index contributed by atoms with van der Waals surface area (Å²) >= 11 is 1.28. The van der Waals surface area contributed by atoms with Crippen LogP contribution in [-0.2, 0) is 7.05 Å². The lowest BCUT2D eigenvalue weighted by Crippen LogP contribution is -2.09. The number of hydrogen-bond donors (Lipinski definition) is 1. The van der Waals surface area contributed by atoms with Crippen LogP contribution in [-0.4, -0.2) is 31.0 Å². The summed E-state index contributed by atoms with van der Waals surface area (Å²) in [4.78, 5) is 12.3. The van der Waals surface area contributed by atoms with Crippen LogP contribution in [0.2, 0.25) is 0 Å². The van der Waals surface area contributed by atoms with Gasteiger partial charge >= 0.3 is 0 Å². The van der Waals surface area contributed by atoms with Crippen LogP contribution in [0, 0.1) is 0 Å². The van der Waals surface area contributed by atoms with E-state index >= 15 is 0 Å². The fourth-order valence-corrected chi connectivity index (χ4v) is 2.82. The van der Waals surface area contributed by atoms with E-state index in [4.69, 9.17) is 5.84 Å². The molecule has 0 saturated heterocycles. The van der Waals surface area contributed by atoms with E-state index in [2.05, 4.69) is 10.2 Å². The number of aryl methyl sites for hydroxylation is 1. The third kappa shape index (κ3) is 2.16. The van der Waals surface area contributed by atoms with Crippen molar-refractivity contribution in [1.29, 1.82) is 0 Å². The van der Waals surface area contributed by atoms with Crippen LogP contribution in [0.3, 0.4) is 0 Å². The number of nitrogens with zero attached hydrogens (tertiary/aromatic N) is 4. The van der Waals surface area contributed by atoms with E-state index in [1.807, 2.05) is 42.1 Å². The van der Waals surface area contributed by atoms with Gasteiger partial charge in [0.2, 0.25) is 5.16 Å². The molecule has 2 N–H and O–H groups in total. The van der Waals surface area contributed by atoms with E-state index in [1.165, 1.54) is 22.8 Å². The van der Waals surface area contributed by atoms with Gasteiger partial charge in [-0.15, -0.1) is 10.2 Å². The quantitative estimate of drug-likeness (QED) is 0.446. The van der Waals surface area contributed by atoms with Crippen LogP contribution in [0.1, 0.15) is 10.4 Å². The number of fused-ring (bicyclic) bond motifs is 1. The van der Waals surface area contributed by atoms with Gasteiger partial charge < -0.3 is 10.4 Å². The van der Waals surface area contributed by atoms with Crippen LogP contribution in [0.15, 0.2) is 41.9 Å². The molecule has 6 nitrogen and oxygen atoms in total. The van der Waals surface area contributed by atoms with E-state index in [-0.39, 0.29) is 11.5 Å². The standard InChI is InChI=1S/C13H13N5OS/c1-17-6-10(9-4-2-3-5-11(9)17)12(19)7-20-13-16-15-8-18(13)14/h2-6,8H,7,14H2,1H3. The highest BCUT2D eigenvalue weighted by atomic mass is 32.2. The summed E-state index contributed by atoms with van der Waals surface area (Å²) in [6, 6.07) is 7.85. The van der Waals surface area contributed by atoms with Gasteiger partial charge in [0.05, 0.1) is 5.75 Å². The highest BCUT2D eigenvalue weighted by molar-refractivity contribution is 7.99. The number of Topliss-reactive ketones (excluding diaryl/α,β-unsaturated/α-hetero) is 1. The zero-order chi connectivity index (χ0) is 14.1. The van der Waals surface area contributed by atoms with Gasteiger partial charge in [-0.25, -0.2) is 4.68 Å². The average molecular weight is 287 g/mol. The van der Waals surface area contributed by atoms with Gasteiger partial charge in [0.1, 0.15) is 6.33 Å². The predicted molar refractivity (Wildman–Crippen MR) is 78.1 cm³/mol. The third-order valence-corrected chi connectivity index (χ3v) is 4.03. The maximum atomic E-state index is 12.3. The SMILES string of the molecule is Cn1cc(C(=O)CSc2nncn2N)c2ccccc21. The maximum absolute atomic E-state index is 12.3. The molecule has 2 aromatic heterocycles. The first-order chi connectivity index (χ1) is 9.66. The molecule has 0 aliphatic heterocycles. The lowest BCUT2D eigenvalue weighted by atomic mass is 10.1. The number of nitrogens with two attached hydrogens (primary N) is 1. The monoisotopic (exact) mass is 287 g/mol. The molecule has 1 aromatic carbocycles.